The van der Waals surface area contributed by atoms with Gasteiger partial charge >= 0.3 is 0 Å². The van der Waals surface area contributed by atoms with Gasteiger partial charge in [0.2, 0.25) is 0 Å². The van der Waals surface area contributed by atoms with Crippen LogP contribution in [-0.2, 0) is 4.74 Å². The Balaban J connectivity index is 1.62. The van der Waals surface area contributed by atoms with Crippen LogP contribution >= 0.6 is 0 Å². The second-order valence-electron chi connectivity index (χ2n) is 9.63. The van der Waals surface area contributed by atoms with E-state index in [2.05, 4.69) is 19.9 Å². The van der Waals surface area contributed by atoms with E-state index >= 15 is 0 Å². The van der Waals surface area contributed by atoms with Gasteiger partial charge in [-0.05, 0) is 63.2 Å². The molecule has 0 aliphatic heterocycles. The molecule has 2 aliphatic carbocycles. The topological polar surface area (TPSA) is 33.0 Å². The largest absolute Gasteiger partial charge is 0.377 e. The Kier molecular flexibility index (Phi) is 10.8. The summed E-state index contributed by atoms with van der Waals surface area (Å²) in [5.74, 6) is 1.80. The lowest BCUT2D eigenvalue weighted by Gasteiger charge is -2.37. The van der Waals surface area contributed by atoms with Crippen molar-refractivity contribution in [2.24, 2.45) is 17.3 Å². The van der Waals surface area contributed by atoms with Crippen LogP contribution in [0.5, 0.6) is 0 Å². The molecule has 0 aromatic heterocycles. The van der Waals surface area contributed by atoms with Gasteiger partial charge in [0.25, 0.3) is 0 Å². The fraction of sp³-hybridized carbons (Fsp3) is 0.960. The second kappa shape index (κ2) is 12.8. The van der Waals surface area contributed by atoms with Crippen LogP contribution in [0.3, 0.4) is 0 Å². The Bertz CT molecular complexity index is 411. The van der Waals surface area contributed by atoms with Crippen molar-refractivity contribution in [2.45, 2.75) is 129 Å². The smallest absolute Gasteiger partial charge is 0.0807 e. The lowest BCUT2D eigenvalue weighted by atomic mass is 9.70. The van der Waals surface area contributed by atoms with E-state index in [0.29, 0.717) is 12.7 Å². The summed E-state index contributed by atoms with van der Waals surface area (Å²) < 4.78 is 6.32. The second-order valence-corrected chi connectivity index (χ2v) is 9.63. The zero-order valence-corrected chi connectivity index (χ0v) is 18.3. The first kappa shape index (κ1) is 22.7. The third-order valence-corrected chi connectivity index (χ3v) is 7.37. The van der Waals surface area contributed by atoms with E-state index in [1.54, 1.807) is 0 Å². The van der Waals surface area contributed by atoms with Crippen LogP contribution in [-0.4, -0.2) is 12.7 Å². The Morgan fingerprint density at radius 3 is 1.93 bits per heavy atom. The third kappa shape index (κ3) is 8.15. The highest BCUT2D eigenvalue weighted by Crippen LogP contribution is 2.41. The van der Waals surface area contributed by atoms with Gasteiger partial charge in [0, 0.05) is 0 Å². The van der Waals surface area contributed by atoms with Crippen LogP contribution in [0.4, 0.5) is 0 Å². The molecule has 2 heteroatoms. The molecular formula is C25H45NO. The SMILES string of the molecule is CCCCCC[C@H]1CC[C@H](OC[C@]2(C#N)CC[C@H](CCCCC)CC2)CC1. The lowest BCUT2D eigenvalue weighted by molar-refractivity contribution is -0.0300. The molecule has 0 saturated heterocycles. The minimum Gasteiger partial charge on any atom is -0.377 e. The van der Waals surface area contributed by atoms with Gasteiger partial charge in [-0.25, -0.2) is 0 Å². The van der Waals surface area contributed by atoms with Gasteiger partial charge in [-0.2, -0.15) is 5.26 Å². The maximum atomic E-state index is 9.82. The normalized spacial score (nSPS) is 31.5. The van der Waals surface area contributed by atoms with E-state index in [9.17, 15) is 5.26 Å². The van der Waals surface area contributed by atoms with Crippen LogP contribution in [0.1, 0.15) is 123 Å². The lowest BCUT2D eigenvalue weighted by Crippen LogP contribution is -2.34. The van der Waals surface area contributed by atoms with Crippen molar-refractivity contribution in [2.75, 3.05) is 6.61 Å². The molecule has 0 unspecified atom stereocenters. The van der Waals surface area contributed by atoms with Crippen LogP contribution in [0, 0.1) is 28.6 Å². The minimum atomic E-state index is -0.182. The van der Waals surface area contributed by atoms with Crippen LogP contribution in [0.15, 0.2) is 0 Å². The Morgan fingerprint density at radius 1 is 0.778 bits per heavy atom. The predicted molar refractivity (Wildman–Crippen MR) is 115 cm³/mol. The minimum absolute atomic E-state index is 0.182. The molecular weight excluding hydrogens is 330 g/mol. The average molecular weight is 376 g/mol. The number of hydrogen-bond donors (Lipinski definition) is 0. The predicted octanol–water partition coefficient (Wildman–Crippen LogP) is 7.81. The number of unbranched alkanes of at least 4 members (excludes halogenated alkanes) is 5. The van der Waals surface area contributed by atoms with Crippen molar-refractivity contribution < 1.29 is 4.74 Å². The molecule has 2 saturated carbocycles. The molecule has 0 heterocycles. The standard InChI is InChI=1S/C25H45NO/c1-3-5-7-9-11-22-12-14-24(15-13-22)27-21-25(20-26)18-16-23(17-19-25)10-8-6-4-2/h22-24H,3-19,21H2,1-2H3/t22-,23-,24-,25+. The van der Waals surface area contributed by atoms with E-state index < -0.39 is 0 Å². The van der Waals surface area contributed by atoms with Gasteiger partial charge in [-0.15, -0.1) is 0 Å². The van der Waals surface area contributed by atoms with Crippen molar-refractivity contribution in [3.05, 3.63) is 0 Å². The Morgan fingerprint density at radius 2 is 1.33 bits per heavy atom. The molecule has 0 amide bonds. The molecule has 0 bridgehead atoms. The summed E-state index contributed by atoms with van der Waals surface area (Å²) in [6.45, 7) is 5.26. The maximum Gasteiger partial charge on any atom is 0.0807 e. The molecule has 27 heavy (non-hydrogen) atoms. The highest BCUT2D eigenvalue weighted by molar-refractivity contribution is 5.02. The molecule has 2 fully saturated rings. The molecule has 156 valence electrons. The van der Waals surface area contributed by atoms with Crippen molar-refractivity contribution >= 4 is 0 Å². The molecule has 2 rings (SSSR count). The van der Waals surface area contributed by atoms with Gasteiger partial charge in [-0.3, -0.25) is 0 Å². The number of rotatable bonds is 12. The van der Waals surface area contributed by atoms with Crippen LogP contribution in [0.2, 0.25) is 0 Å². The summed E-state index contributed by atoms with van der Waals surface area (Å²) in [7, 11) is 0. The van der Waals surface area contributed by atoms with E-state index in [0.717, 1.165) is 24.7 Å². The summed E-state index contributed by atoms with van der Waals surface area (Å²) in [6, 6.07) is 2.67. The van der Waals surface area contributed by atoms with Gasteiger partial charge < -0.3 is 4.74 Å². The van der Waals surface area contributed by atoms with Gasteiger partial charge in [-0.1, -0.05) is 71.6 Å². The van der Waals surface area contributed by atoms with Crippen molar-refractivity contribution in [3.63, 3.8) is 0 Å². The first-order chi connectivity index (χ1) is 13.2. The van der Waals surface area contributed by atoms with E-state index in [1.807, 2.05) is 0 Å². The molecule has 0 spiro atoms. The van der Waals surface area contributed by atoms with Crippen molar-refractivity contribution in [1.29, 1.82) is 5.26 Å². The van der Waals surface area contributed by atoms with Gasteiger partial charge in [0.05, 0.1) is 24.2 Å². The summed E-state index contributed by atoms with van der Waals surface area (Å²) in [4.78, 5) is 0. The fourth-order valence-electron chi connectivity index (χ4n) is 5.21. The summed E-state index contributed by atoms with van der Waals surface area (Å²) in [6.07, 6.45) is 22.6. The molecule has 0 aromatic rings. The third-order valence-electron chi connectivity index (χ3n) is 7.37. The van der Waals surface area contributed by atoms with Crippen LogP contribution in [0.25, 0.3) is 0 Å². The summed E-state index contributed by atoms with van der Waals surface area (Å²) >= 11 is 0. The molecule has 2 nitrogen and oxygen atoms in total. The maximum absolute atomic E-state index is 9.82. The summed E-state index contributed by atoms with van der Waals surface area (Å²) in [5, 5.41) is 9.82. The Labute approximate surface area is 169 Å². The van der Waals surface area contributed by atoms with Crippen LogP contribution < -0.4 is 0 Å². The van der Waals surface area contributed by atoms with E-state index in [-0.39, 0.29) is 5.41 Å². The highest BCUT2D eigenvalue weighted by atomic mass is 16.5. The van der Waals surface area contributed by atoms with Gasteiger partial charge in [0.15, 0.2) is 0 Å². The van der Waals surface area contributed by atoms with E-state index in [1.165, 1.54) is 96.3 Å². The molecule has 2 aliphatic rings. The zero-order chi connectivity index (χ0) is 19.4. The van der Waals surface area contributed by atoms with Crippen molar-refractivity contribution in [3.8, 4) is 6.07 Å². The zero-order valence-electron chi connectivity index (χ0n) is 18.3. The quantitative estimate of drug-likeness (QED) is 0.326. The molecule has 0 atom stereocenters. The number of nitriles is 1. The van der Waals surface area contributed by atoms with Crippen molar-refractivity contribution in [1.82, 2.24) is 0 Å². The fourth-order valence-corrected chi connectivity index (χ4v) is 5.21. The number of hydrogen-bond acceptors (Lipinski definition) is 2. The first-order valence-electron chi connectivity index (χ1n) is 12.2. The molecule has 0 radical (unpaired) electrons. The molecule has 0 aromatic carbocycles. The highest BCUT2D eigenvalue weighted by Gasteiger charge is 2.36. The first-order valence-corrected chi connectivity index (χ1v) is 12.2. The average Bonchev–Trinajstić information content (AvgIpc) is 2.72. The number of ether oxygens (including phenoxy) is 1. The molecule has 0 N–H and O–H groups in total. The number of nitrogens with zero attached hydrogens (tertiary/aromatic N) is 1. The van der Waals surface area contributed by atoms with Gasteiger partial charge in [0.1, 0.15) is 0 Å². The Hall–Kier alpha value is -0.550. The monoisotopic (exact) mass is 375 g/mol. The summed E-state index contributed by atoms with van der Waals surface area (Å²) in [5.41, 5.74) is -0.182. The van der Waals surface area contributed by atoms with E-state index in [4.69, 9.17) is 4.74 Å².